The van der Waals surface area contributed by atoms with Gasteiger partial charge in [0.1, 0.15) is 0 Å². The molecule has 2 amide bonds. The number of halogens is 3. The molecule has 2 aliphatic rings. The summed E-state index contributed by atoms with van der Waals surface area (Å²) in [5.74, 6) is -2.68. The first-order valence-electron chi connectivity index (χ1n) is 8.66. The fourth-order valence-electron chi connectivity index (χ4n) is 3.44. The van der Waals surface area contributed by atoms with Crippen molar-refractivity contribution in [3.05, 3.63) is 35.4 Å². The van der Waals surface area contributed by atoms with E-state index >= 15 is 0 Å². The molecule has 0 spiro atoms. The van der Waals surface area contributed by atoms with Gasteiger partial charge in [-0.2, -0.15) is 13.2 Å². The molecule has 0 aromatic heterocycles. The summed E-state index contributed by atoms with van der Waals surface area (Å²) in [6.07, 6.45) is -3.40. The average molecular weight is 384 g/mol. The quantitative estimate of drug-likeness (QED) is 0.866. The Morgan fingerprint density at radius 2 is 1.41 bits per heavy atom. The molecule has 1 heterocycles. The van der Waals surface area contributed by atoms with E-state index in [4.69, 9.17) is 5.11 Å². The van der Waals surface area contributed by atoms with Crippen LogP contribution >= 0.6 is 0 Å². The maximum absolute atomic E-state index is 12.6. The van der Waals surface area contributed by atoms with Gasteiger partial charge >= 0.3 is 12.1 Å². The number of nitrogens with zero attached hydrogens (tertiary/aromatic N) is 2. The van der Waals surface area contributed by atoms with E-state index in [1.165, 1.54) is 4.90 Å². The molecule has 1 aromatic carbocycles. The molecular formula is C18H19F3N2O4. The van der Waals surface area contributed by atoms with Gasteiger partial charge in [0.15, 0.2) is 0 Å². The Hall–Kier alpha value is -2.58. The third-order valence-electron chi connectivity index (χ3n) is 5.25. The number of amides is 2. The Bertz CT molecular complexity index is 740. The zero-order chi connectivity index (χ0) is 19.8. The van der Waals surface area contributed by atoms with Gasteiger partial charge in [-0.1, -0.05) is 0 Å². The molecule has 1 saturated heterocycles. The zero-order valence-corrected chi connectivity index (χ0v) is 14.4. The molecule has 1 aliphatic heterocycles. The number of carbonyl (C=O) groups excluding carboxylic acids is 2. The molecule has 1 aromatic rings. The Morgan fingerprint density at radius 1 is 0.889 bits per heavy atom. The Balaban J connectivity index is 1.56. The Morgan fingerprint density at radius 3 is 1.85 bits per heavy atom. The molecule has 1 saturated carbocycles. The molecule has 1 N–H and O–H groups in total. The van der Waals surface area contributed by atoms with Crippen LogP contribution in [0.2, 0.25) is 0 Å². The number of rotatable bonds is 3. The van der Waals surface area contributed by atoms with E-state index in [0.717, 1.165) is 24.3 Å². The number of carboxylic acid groups (broad SMARTS) is 1. The van der Waals surface area contributed by atoms with Gasteiger partial charge in [-0.15, -0.1) is 0 Å². The topological polar surface area (TPSA) is 77.9 Å². The van der Waals surface area contributed by atoms with Crippen LogP contribution in [0.3, 0.4) is 0 Å². The van der Waals surface area contributed by atoms with Crippen molar-refractivity contribution < 1.29 is 32.7 Å². The lowest BCUT2D eigenvalue weighted by molar-refractivity contribution is -0.157. The summed E-state index contributed by atoms with van der Waals surface area (Å²) < 4.78 is 37.8. The van der Waals surface area contributed by atoms with Gasteiger partial charge in [-0.25, -0.2) is 0 Å². The number of carboxylic acids is 1. The average Bonchev–Trinajstić information content (AvgIpc) is 2.59. The number of piperazine rings is 1. The van der Waals surface area contributed by atoms with Crippen molar-refractivity contribution in [3.63, 3.8) is 0 Å². The Labute approximate surface area is 153 Å². The van der Waals surface area contributed by atoms with Crippen LogP contribution in [0, 0.1) is 11.8 Å². The highest BCUT2D eigenvalue weighted by Crippen LogP contribution is 2.36. The number of benzene rings is 1. The van der Waals surface area contributed by atoms with Gasteiger partial charge in [-0.3, -0.25) is 14.4 Å². The number of alkyl halides is 3. The highest BCUT2D eigenvalue weighted by molar-refractivity contribution is 5.94. The second-order valence-corrected chi connectivity index (χ2v) is 6.82. The number of hydrogen-bond acceptors (Lipinski definition) is 3. The summed E-state index contributed by atoms with van der Waals surface area (Å²) in [4.78, 5) is 39.0. The lowest BCUT2D eigenvalue weighted by atomic mass is 9.73. The highest BCUT2D eigenvalue weighted by atomic mass is 19.4. The fourth-order valence-corrected chi connectivity index (χ4v) is 3.44. The van der Waals surface area contributed by atoms with Crippen LogP contribution in [0.25, 0.3) is 0 Å². The molecule has 27 heavy (non-hydrogen) atoms. The summed E-state index contributed by atoms with van der Waals surface area (Å²) >= 11 is 0. The normalized spacial score (nSPS) is 22.9. The van der Waals surface area contributed by atoms with Gasteiger partial charge in [0, 0.05) is 31.7 Å². The zero-order valence-electron chi connectivity index (χ0n) is 14.4. The van der Waals surface area contributed by atoms with Crippen molar-refractivity contribution in [2.45, 2.75) is 19.0 Å². The molecule has 3 rings (SSSR count). The van der Waals surface area contributed by atoms with Gasteiger partial charge in [0.2, 0.25) is 5.91 Å². The van der Waals surface area contributed by atoms with Crippen molar-refractivity contribution in [1.29, 1.82) is 0 Å². The van der Waals surface area contributed by atoms with E-state index in [9.17, 15) is 27.6 Å². The summed E-state index contributed by atoms with van der Waals surface area (Å²) in [6, 6.07) is 4.04. The number of carbonyl (C=O) groups is 3. The second-order valence-electron chi connectivity index (χ2n) is 6.82. The standard InChI is InChI=1S/C18H19F3N2O4/c19-18(20,21)12-3-1-11(2-4-12)15(24)22-7-9-23(10-8-22)16(25)13-5-6-14(13)17(26)27/h1-4,13-14H,5-10H2,(H,26,27). The first-order valence-corrected chi connectivity index (χ1v) is 8.66. The largest absolute Gasteiger partial charge is 0.481 e. The van der Waals surface area contributed by atoms with E-state index in [1.54, 1.807) is 4.90 Å². The van der Waals surface area contributed by atoms with Crippen LogP contribution in [0.1, 0.15) is 28.8 Å². The predicted molar refractivity (Wildman–Crippen MR) is 87.8 cm³/mol. The number of hydrogen-bond donors (Lipinski definition) is 1. The number of aliphatic carboxylic acids is 1. The van der Waals surface area contributed by atoms with Crippen LogP contribution in [0.15, 0.2) is 24.3 Å². The van der Waals surface area contributed by atoms with E-state index in [2.05, 4.69) is 0 Å². The summed E-state index contributed by atoms with van der Waals surface area (Å²) in [6.45, 7) is 1.09. The van der Waals surface area contributed by atoms with Crippen molar-refractivity contribution in [2.75, 3.05) is 26.2 Å². The van der Waals surface area contributed by atoms with E-state index in [0.29, 0.717) is 12.8 Å². The minimum Gasteiger partial charge on any atom is -0.481 e. The third-order valence-corrected chi connectivity index (χ3v) is 5.25. The molecular weight excluding hydrogens is 365 g/mol. The van der Waals surface area contributed by atoms with Crippen molar-refractivity contribution >= 4 is 17.8 Å². The maximum Gasteiger partial charge on any atom is 0.416 e. The molecule has 2 atom stereocenters. The molecule has 9 heteroatoms. The third kappa shape index (κ3) is 3.91. The van der Waals surface area contributed by atoms with Gasteiger partial charge in [0.05, 0.1) is 17.4 Å². The summed E-state index contributed by atoms with van der Waals surface area (Å²) in [5, 5.41) is 9.07. The lowest BCUT2D eigenvalue weighted by Gasteiger charge is -2.40. The molecule has 6 nitrogen and oxygen atoms in total. The van der Waals surface area contributed by atoms with Crippen LogP contribution in [-0.2, 0) is 15.8 Å². The van der Waals surface area contributed by atoms with Gasteiger partial charge in [-0.05, 0) is 37.1 Å². The molecule has 2 fully saturated rings. The molecule has 146 valence electrons. The summed E-state index contributed by atoms with van der Waals surface area (Å²) in [7, 11) is 0. The van der Waals surface area contributed by atoms with Crippen molar-refractivity contribution in [1.82, 2.24) is 9.80 Å². The fraction of sp³-hybridized carbons (Fsp3) is 0.500. The van der Waals surface area contributed by atoms with Crippen LogP contribution in [0.4, 0.5) is 13.2 Å². The molecule has 0 bridgehead atoms. The Kier molecular flexibility index (Phi) is 5.12. The minimum absolute atomic E-state index is 0.160. The molecule has 2 unspecified atom stereocenters. The van der Waals surface area contributed by atoms with E-state index in [-0.39, 0.29) is 43.6 Å². The molecule has 1 aliphatic carbocycles. The highest BCUT2D eigenvalue weighted by Gasteiger charge is 2.43. The predicted octanol–water partition coefficient (Wildman–Crippen LogP) is 2.10. The first kappa shape index (κ1) is 19.2. The van der Waals surface area contributed by atoms with Gasteiger partial charge < -0.3 is 14.9 Å². The minimum atomic E-state index is -4.46. The smallest absolute Gasteiger partial charge is 0.416 e. The van der Waals surface area contributed by atoms with E-state index in [1.807, 2.05) is 0 Å². The lowest BCUT2D eigenvalue weighted by Crippen LogP contribution is -2.54. The van der Waals surface area contributed by atoms with Crippen LogP contribution in [0.5, 0.6) is 0 Å². The van der Waals surface area contributed by atoms with E-state index < -0.39 is 29.5 Å². The molecule has 0 radical (unpaired) electrons. The van der Waals surface area contributed by atoms with Crippen molar-refractivity contribution in [3.8, 4) is 0 Å². The first-order chi connectivity index (χ1) is 12.7. The summed E-state index contributed by atoms with van der Waals surface area (Å²) in [5.41, 5.74) is -0.657. The second kappa shape index (κ2) is 7.21. The van der Waals surface area contributed by atoms with Crippen molar-refractivity contribution in [2.24, 2.45) is 11.8 Å². The SMILES string of the molecule is O=C(O)C1CCC1C(=O)N1CCN(C(=O)c2ccc(C(F)(F)F)cc2)CC1. The van der Waals surface area contributed by atoms with Crippen LogP contribution < -0.4 is 0 Å². The van der Waals surface area contributed by atoms with Crippen LogP contribution in [-0.4, -0.2) is 58.9 Å². The monoisotopic (exact) mass is 384 g/mol. The maximum atomic E-state index is 12.6. The van der Waals surface area contributed by atoms with Gasteiger partial charge in [0.25, 0.3) is 5.91 Å².